The number of methoxy groups -OCH3 is 1. The van der Waals surface area contributed by atoms with E-state index in [0.717, 1.165) is 12.7 Å². The van der Waals surface area contributed by atoms with E-state index in [0.29, 0.717) is 0 Å². The van der Waals surface area contributed by atoms with E-state index in [1.807, 2.05) is 13.8 Å². The van der Waals surface area contributed by atoms with Gasteiger partial charge in [0.1, 0.15) is 6.29 Å². The van der Waals surface area contributed by atoms with E-state index in [-0.39, 0.29) is 5.60 Å². The molecule has 2 heteroatoms. The minimum Gasteiger partial charge on any atom is -0.378 e. The van der Waals surface area contributed by atoms with Gasteiger partial charge in [-0.25, -0.2) is 0 Å². The number of ether oxygens (including phenoxy) is 1. The smallest absolute Gasteiger partial charge is 0.142 e. The highest BCUT2D eigenvalue weighted by molar-refractivity contribution is 5.64. The first-order valence-corrected chi connectivity index (χ1v) is 3.28. The Kier molecular flexibility index (Phi) is 3.96. The van der Waals surface area contributed by atoms with Crippen LogP contribution in [0.4, 0.5) is 0 Å². The van der Waals surface area contributed by atoms with E-state index >= 15 is 0 Å². The van der Waals surface area contributed by atoms with Crippen LogP contribution in [0.3, 0.4) is 0 Å². The molecule has 0 aliphatic rings. The molecule has 0 radical (unpaired) electrons. The average Bonchev–Trinajstić information content (AvgIpc) is 1.89. The second-order valence-corrected chi connectivity index (χ2v) is 2.73. The van der Waals surface area contributed by atoms with Crippen molar-refractivity contribution in [3.63, 3.8) is 0 Å². The fourth-order valence-corrected chi connectivity index (χ4v) is 0.491. The summed E-state index contributed by atoms with van der Waals surface area (Å²) in [4.78, 5) is 9.85. The number of carbonyl (C=O) groups excluding carboxylic acids is 1. The second-order valence-electron chi connectivity index (χ2n) is 2.73. The number of hydrogen-bond acceptors (Lipinski definition) is 2. The summed E-state index contributed by atoms with van der Waals surface area (Å²) in [7, 11) is 1.66. The number of hydrogen-bond donors (Lipinski definition) is 0. The molecule has 0 heterocycles. The monoisotopic (exact) mass is 142 g/mol. The number of aldehydes is 1. The summed E-state index contributed by atoms with van der Waals surface area (Å²) in [5.74, 6) is 0. The van der Waals surface area contributed by atoms with Gasteiger partial charge in [0, 0.05) is 7.11 Å². The lowest BCUT2D eigenvalue weighted by Gasteiger charge is -2.20. The van der Waals surface area contributed by atoms with Gasteiger partial charge in [0.05, 0.1) is 5.60 Å². The van der Waals surface area contributed by atoms with Gasteiger partial charge < -0.3 is 4.74 Å². The predicted molar refractivity (Wildman–Crippen MR) is 40.9 cm³/mol. The maximum absolute atomic E-state index is 9.85. The van der Waals surface area contributed by atoms with Crippen molar-refractivity contribution < 1.29 is 9.53 Å². The summed E-state index contributed by atoms with van der Waals surface area (Å²) in [5.41, 5.74) is -0.153. The molecule has 0 saturated heterocycles. The molecule has 0 fully saturated rings. The van der Waals surface area contributed by atoms with Gasteiger partial charge in [0.2, 0.25) is 0 Å². The van der Waals surface area contributed by atoms with Crippen molar-refractivity contribution in [2.75, 3.05) is 7.11 Å². The summed E-state index contributed by atoms with van der Waals surface area (Å²) in [5, 5.41) is 0. The van der Waals surface area contributed by atoms with Crippen molar-refractivity contribution in [1.29, 1.82) is 0 Å². The zero-order valence-electron chi connectivity index (χ0n) is 6.76. The van der Waals surface area contributed by atoms with Crippen molar-refractivity contribution in [2.45, 2.75) is 25.9 Å². The van der Waals surface area contributed by atoms with Crippen LogP contribution in [0.5, 0.6) is 0 Å². The molecule has 10 heavy (non-hydrogen) atoms. The third kappa shape index (κ3) is 4.27. The molecular weight excluding hydrogens is 128 g/mol. The lowest BCUT2D eigenvalue weighted by molar-refractivity contribution is -0.104. The molecule has 0 bridgehead atoms. The molecule has 2 nitrogen and oxygen atoms in total. The summed E-state index contributed by atoms with van der Waals surface area (Å²) < 4.78 is 5.12. The first-order chi connectivity index (χ1) is 4.62. The van der Waals surface area contributed by atoms with E-state index in [1.165, 1.54) is 6.08 Å². The zero-order valence-corrected chi connectivity index (χ0v) is 6.76. The minimum absolute atomic E-state index is 0.153. The Hall–Kier alpha value is -0.630. The Bertz CT molecular complexity index is 125. The van der Waals surface area contributed by atoms with Crippen LogP contribution in [0.2, 0.25) is 0 Å². The summed E-state index contributed by atoms with van der Waals surface area (Å²) >= 11 is 0. The maximum atomic E-state index is 9.85. The second kappa shape index (κ2) is 4.23. The molecule has 0 atom stereocenters. The maximum Gasteiger partial charge on any atom is 0.142 e. The molecular formula is C8H14O2. The van der Waals surface area contributed by atoms with Crippen LogP contribution < -0.4 is 0 Å². The summed E-state index contributed by atoms with van der Waals surface area (Å²) in [6.45, 7) is 3.95. The van der Waals surface area contributed by atoms with Gasteiger partial charge in [0.15, 0.2) is 0 Å². The molecule has 58 valence electrons. The van der Waals surface area contributed by atoms with Crippen molar-refractivity contribution in [1.82, 2.24) is 0 Å². The van der Waals surface area contributed by atoms with Gasteiger partial charge in [-0.15, -0.1) is 0 Å². The molecule has 0 amide bonds. The van der Waals surface area contributed by atoms with Crippen molar-refractivity contribution >= 4 is 6.29 Å². The van der Waals surface area contributed by atoms with Crippen LogP contribution in [0, 0.1) is 0 Å². The van der Waals surface area contributed by atoms with E-state index < -0.39 is 0 Å². The van der Waals surface area contributed by atoms with E-state index in [9.17, 15) is 4.79 Å². The SMILES string of the molecule is COC(C)(C)C/C=C/C=O. The lowest BCUT2D eigenvalue weighted by atomic mass is 10.1. The van der Waals surface area contributed by atoms with Gasteiger partial charge in [0.25, 0.3) is 0 Å². The highest BCUT2D eigenvalue weighted by Gasteiger charge is 2.12. The summed E-state index contributed by atoms with van der Waals surface area (Å²) in [6.07, 6.45) is 4.82. The fraction of sp³-hybridized carbons (Fsp3) is 0.625. The van der Waals surface area contributed by atoms with Crippen LogP contribution in [0.25, 0.3) is 0 Å². The average molecular weight is 142 g/mol. The zero-order chi connectivity index (χ0) is 8.04. The van der Waals surface area contributed by atoms with Crippen LogP contribution >= 0.6 is 0 Å². The van der Waals surface area contributed by atoms with Gasteiger partial charge in [-0.05, 0) is 26.3 Å². The van der Waals surface area contributed by atoms with Crippen molar-refractivity contribution in [3.8, 4) is 0 Å². The van der Waals surface area contributed by atoms with Gasteiger partial charge in [-0.3, -0.25) is 4.79 Å². The molecule has 0 aliphatic heterocycles. The first kappa shape index (κ1) is 9.37. The first-order valence-electron chi connectivity index (χ1n) is 3.28. The van der Waals surface area contributed by atoms with Gasteiger partial charge in [-0.2, -0.15) is 0 Å². The number of allylic oxidation sites excluding steroid dienone is 1. The Morgan fingerprint density at radius 1 is 1.50 bits per heavy atom. The van der Waals surface area contributed by atoms with Crippen LogP contribution in [0.15, 0.2) is 12.2 Å². The Labute approximate surface area is 61.9 Å². The molecule has 0 aromatic carbocycles. The Morgan fingerprint density at radius 2 is 2.10 bits per heavy atom. The fourth-order valence-electron chi connectivity index (χ4n) is 0.491. The third-order valence-electron chi connectivity index (χ3n) is 1.38. The molecule has 0 aliphatic carbocycles. The molecule has 0 aromatic rings. The lowest BCUT2D eigenvalue weighted by Crippen LogP contribution is -2.20. The van der Waals surface area contributed by atoms with Crippen molar-refractivity contribution in [2.24, 2.45) is 0 Å². The number of rotatable bonds is 4. The normalized spacial score (nSPS) is 12.3. The van der Waals surface area contributed by atoms with Crippen LogP contribution in [0.1, 0.15) is 20.3 Å². The van der Waals surface area contributed by atoms with Crippen LogP contribution in [-0.4, -0.2) is 19.0 Å². The van der Waals surface area contributed by atoms with Crippen molar-refractivity contribution in [3.05, 3.63) is 12.2 Å². The molecule has 0 rings (SSSR count). The largest absolute Gasteiger partial charge is 0.378 e. The van der Waals surface area contributed by atoms with E-state index in [4.69, 9.17) is 4.74 Å². The van der Waals surface area contributed by atoms with Gasteiger partial charge >= 0.3 is 0 Å². The third-order valence-corrected chi connectivity index (χ3v) is 1.38. The molecule has 0 saturated carbocycles. The minimum atomic E-state index is -0.153. The highest BCUT2D eigenvalue weighted by atomic mass is 16.5. The standard InChI is InChI=1S/C8H14O2/c1-8(2,10-3)6-4-5-7-9/h4-5,7H,6H2,1-3H3/b5-4+. The molecule has 0 spiro atoms. The Morgan fingerprint density at radius 3 is 2.50 bits per heavy atom. The molecule has 0 aromatic heterocycles. The Balaban J connectivity index is 3.66. The topological polar surface area (TPSA) is 26.3 Å². The van der Waals surface area contributed by atoms with E-state index in [2.05, 4.69) is 0 Å². The van der Waals surface area contributed by atoms with E-state index in [1.54, 1.807) is 13.2 Å². The number of carbonyl (C=O) groups is 1. The predicted octanol–water partition coefficient (Wildman–Crippen LogP) is 1.56. The van der Waals surface area contributed by atoms with Gasteiger partial charge in [-0.1, -0.05) is 6.08 Å². The molecule has 0 N–H and O–H groups in total. The highest BCUT2D eigenvalue weighted by Crippen LogP contribution is 2.12. The summed E-state index contributed by atoms with van der Waals surface area (Å²) in [6, 6.07) is 0. The van der Waals surface area contributed by atoms with Crippen LogP contribution in [-0.2, 0) is 9.53 Å². The quantitative estimate of drug-likeness (QED) is 0.440. The molecule has 0 unspecified atom stereocenters.